The van der Waals surface area contributed by atoms with Crippen molar-refractivity contribution in [3.8, 4) is 0 Å². The molecule has 3 N–H and O–H groups in total. The third kappa shape index (κ3) is 3.64. The van der Waals surface area contributed by atoms with Crippen LogP contribution in [0.4, 0.5) is 11.4 Å². The number of nitrogens with zero attached hydrogens (tertiary/aromatic N) is 2. The third-order valence-corrected chi connectivity index (χ3v) is 3.82. The monoisotopic (exact) mass is 286 g/mol. The van der Waals surface area contributed by atoms with Crippen molar-refractivity contribution in [2.24, 2.45) is 0 Å². The topological polar surface area (TPSA) is 54.2 Å². The van der Waals surface area contributed by atoms with Crippen molar-refractivity contribution in [3.63, 3.8) is 0 Å². The molecule has 0 saturated heterocycles. The minimum Gasteiger partial charge on any atom is -0.398 e. The largest absolute Gasteiger partial charge is 0.398 e. The summed E-state index contributed by atoms with van der Waals surface area (Å²) in [5, 5.41) is 4.50. The van der Waals surface area contributed by atoms with E-state index in [4.69, 9.17) is 5.73 Å². The highest BCUT2D eigenvalue weighted by Gasteiger charge is 2.12. The van der Waals surface area contributed by atoms with Gasteiger partial charge >= 0.3 is 0 Å². The SMILES string of the molecule is CC(C)N(CCNc1ccc(N)c2cccnc12)C(C)C. The number of hydrogen-bond acceptors (Lipinski definition) is 4. The summed E-state index contributed by atoms with van der Waals surface area (Å²) in [6.45, 7) is 10.8. The van der Waals surface area contributed by atoms with Gasteiger partial charge in [0.05, 0.1) is 11.2 Å². The molecule has 4 heteroatoms. The molecule has 0 saturated carbocycles. The zero-order valence-electron chi connectivity index (χ0n) is 13.4. The van der Waals surface area contributed by atoms with Gasteiger partial charge in [0.1, 0.15) is 0 Å². The average molecular weight is 286 g/mol. The van der Waals surface area contributed by atoms with Crippen molar-refractivity contribution >= 4 is 22.3 Å². The minimum atomic E-state index is 0.549. The standard InChI is InChI=1S/C17H26N4/c1-12(2)21(13(3)4)11-10-19-16-8-7-15(18)14-6-5-9-20-17(14)16/h5-9,12-13,19H,10-11,18H2,1-4H3. The van der Waals surface area contributed by atoms with E-state index in [0.717, 1.165) is 35.4 Å². The number of nitrogen functional groups attached to an aromatic ring is 1. The number of nitrogens with two attached hydrogens (primary N) is 1. The van der Waals surface area contributed by atoms with Gasteiger partial charge in [0.25, 0.3) is 0 Å². The van der Waals surface area contributed by atoms with Crippen LogP contribution in [0.2, 0.25) is 0 Å². The van der Waals surface area contributed by atoms with E-state index in [9.17, 15) is 0 Å². The van der Waals surface area contributed by atoms with E-state index in [2.05, 4.69) is 42.9 Å². The maximum absolute atomic E-state index is 6.01. The van der Waals surface area contributed by atoms with Gasteiger partial charge in [-0.3, -0.25) is 9.88 Å². The van der Waals surface area contributed by atoms with E-state index >= 15 is 0 Å². The van der Waals surface area contributed by atoms with E-state index in [0.29, 0.717) is 12.1 Å². The van der Waals surface area contributed by atoms with Gasteiger partial charge in [-0.05, 0) is 52.0 Å². The van der Waals surface area contributed by atoms with Crippen LogP contribution in [0.1, 0.15) is 27.7 Å². The fourth-order valence-electron chi connectivity index (χ4n) is 2.77. The number of benzene rings is 1. The van der Waals surface area contributed by atoms with Gasteiger partial charge in [0.2, 0.25) is 0 Å². The molecule has 0 aliphatic heterocycles. The molecule has 1 aromatic heterocycles. The summed E-state index contributed by atoms with van der Waals surface area (Å²) in [5.74, 6) is 0. The van der Waals surface area contributed by atoms with Gasteiger partial charge in [-0.15, -0.1) is 0 Å². The van der Waals surface area contributed by atoms with Crippen LogP contribution in [-0.4, -0.2) is 35.1 Å². The Morgan fingerprint density at radius 1 is 1.14 bits per heavy atom. The summed E-state index contributed by atoms with van der Waals surface area (Å²) < 4.78 is 0. The second kappa shape index (κ2) is 6.76. The lowest BCUT2D eigenvalue weighted by Gasteiger charge is -2.30. The van der Waals surface area contributed by atoms with Gasteiger partial charge in [0, 0.05) is 42.4 Å². The highest BCUT2D eigenvalue weighted by molar-refractivity contribution is 5.98. The Morgan fingerprint density at radius 2 is 1.86 bits per heavy atom. The predicted octanol–water partition coefficient (Wildman–Crippen LogP) is 3.35. The predicted molar refractivity (Wildman–Crippen MR) is 91.6 cm³/mol. The highest BCUT2D eigenvalue weighted by atomic mass is 15.2. The smallest absolute Gasteiger partial charge is 0.0953 e. The number of pyridine rings is 1. The Balaban J connectivity index is 2.09. The molecule has 0 amide bonds. The molecule has 1 heterocycles. The van der Waals surface area contributed by atoms with Gasteiger partial charge in [-0.1, -0.05) is 0 Å². The number of fused-ring (bicyclic) bond motifs is 1. The van der Waals surface area contributed by atoms with Gasteiger partial charge in [-0.25, -0.2) is 0 Å². The van der Waals surface area contributed by atoms with Gasteiger partial charge < -0.3 is 11.1 Å². The molecule has 0 unspecified atom stereocenters. The molecule has 0 radical (unpaired) electrons. The Hall–Kier alpha value is -1.81. The van der Waals surface area contributed by atoms with Crippen LogP contribution in [0.25, 0.3) is 10.9 Å². The molecule has 1 aromatic carbocycles. The van der Waals surface area contributed by atoms with Crippen molar-refractivity contribution < 1.29 is 0 Å². The van der Waals surface area contributed by atoms with Gasteiger partial charge in [-0.2, -0.15) is 0 Å². The normalized spacial score (nSPS) is 11.8. The molecule has 0 atom stereocenters. The van der Waals surface area contributed by atoms with E-state index in [1.165, 1.54) is 0 Å². The molecular formula is C17H26N4. The van der Waals surface area contributed by atoms with Crippen LogP contribution in [0, 0.1) is 0 Å². The number of nitrogens with one attached hydrogen (secondary N) is 1. The Kier molecular flexibility index (Phi) is 5.02. The lowest BCUT2D eigenvalue weighted by Crippen LogP contribution is -2.40. The molecule has 0 spiro atoms. The maximum atomic E-state index is 6.01. The number of rotatable bonds is 6. The molecule has 0 aliphatic rings. The highest BCUT2D eigenvalue weighted by Crippen LogP contribution is 2.26. The quantitative estimate of drug-likeness (QED) is 0.800. The van der Waals surface area contributed by atoms with Crippen molar-refractivity contribution in [2.45, 2.75) is 39.8 Å². The number of aromatic nitrogens is 1. The van der Waals surface area contributed by atoms with E-state index in [1.54, 1.807) is 0 Å². The molecule has 0 aliphatic carbocycles. The zero-order chi connectivity index (χ0) is 15.4. The molecule has 2 rings (SSSR count). The van der Waals surface area contributed by atoms with Crippen LogP contribution < -0.4 is 11.1 Å². The van der Waals surface area contributed by atoms with Gasteiger partial charge in [0.15, 0.2) is 0 Å². The Labute approximate surface area is 127 Å². The lowest BCUT2D eigenvalue weighted by atomic mass is 10.1. The van der Waals surface area contributed by atoms with E-state index in [1.807, 2.05) is 30.5 Å². The molecule has 114 valence electrons. The van der Waals surface area contributed by atoms with Crippen molar-refractivity contribution in [3.05, 3.63) is 30.5 Å². The molecule has 4 nitrogen and oxygen atoms in total. The maximum Gasteiger partial charge on any atom is 0.0953 e. The summed E-state index contributed by atoms with van der Waals surface area (Å²) in [4.78, 5) is 6.93. The van der Waals surface area contributed by atoms with E-state index < -0.39 is 0 Å². The lowest BCUT2D eigenvalue weighted by molar-refractivity contribution is 0.182. The second-order valence-electron chi connectivity index (χ2n) is 5.95. The Bertz CT molecular complexity index is 584. The number of anilines is 2. The van der Waals surface area contributed by atoms with Crippen molar-refractivity contribution in [1.29, 1.82) is 0 Å². The molecule has 0 bridgehead atoms. The Morgan fingerprint density at radius 3 is 2.52 bits per heavy atom. The number of hydrogen-bond donors (Lipinski definition) is 2. The first-order valence-electron chi connectivity index (χ1n) is 7.63. The summed E-state index contributed by atoms with van der Waals surface area (Å²) in [6, 6.07) is 8.98. The van der Waals surface area contributed by atoms with Crippen LogP contribution in [0.15, 0.2) is 30.5 Å². The molecule has 2 aromatic rings. The summed E-state index contributed by atoms with van der Waals surface area (Å²) >= 11 is 0. The molecular weight excluding hydrogens is 260 g/mol. The zero-order valence-corrected chi connectivity index (χ0v) is 13.4. The van der Waals surface area contributed by atoms with Crippen LogP contribution in [-0.2, 0) is 0 Å². The fourth-order valence-corrected chi connectivity index (χ4v) is 2.77. The summed E-state index contributed by atoms with van der Waals surface area (Å²) in [7, 11) is 0. The first kappa shape index (κ1) is 15.6. The third-order valence-electron chi connectivity index (χ3n) is 3.82. The first-order valence-corrected chi connectivity index (χ1v) is 7.63. The van der Waals surface area contributed by atoms with Crippen LogP contribution in [0.3, 0.4) is 0 Å². The van der Waals surface area contributed by atoms with Crippen LogP contribution >= 0.6 is 0 Å². The summed E-state index contributed by atoms with van der Waals surface area (Å²) in [6.07, 6.45) is 1.81. The fraction of sp³-hybridized carbons (Fsp3) is 0.471. The first-order chi connectivity index (χ1) is 10.0. The second-order valence-corrected chi connectivity index (χ2v) is 5.95. The van der Waals surface area contributed by atoms with Crippen LogP contribution in [0.5, 0.6) is 0 Å². The summed E-state index contributed by atoms with van der Waals surface area (Å²) in [5.41, 5.74) is 8.77. The van der Waals surface area contributed by atoms with E-state index in [-0.39, 0.29) is 0 Å². The minimum absolute atomic E-state index is 0.549. The molecule has 0 fully saturated rings. The van der Waals surface area contributed by atoms with Crippen molar-refractivity contribution in [1.82, 2.24) is 9.88 Å². The van der Waals surface area contributed by atoms with Crippen molar-refractivity contribution in [2.75, 3.05) is 24.1 Å². The molecule has 21 heavy (non-hydrogen) atoms. The average Bonchev–Trinajstić information content (AvgIpc) is 2.45.